The molecule has 3 N–H and O–H groups in total. The second kappa shape index (κ2) is 10.5. The third-order valence-electron chi connectivity index (χ3n) is 10.1. The molecule has 4 aliphatic rings. The highest BCUT2D eigenvalue weighted by Crippen LogP contribution is 2.65. The number of methoxy groups -OCH3 is 2. The van der Waals surface area contributed by atoms with Gasteiger partial charge in [0.25, 0.3) is 11.8 Å². The van der Waals surface area contributed by atoms with Crippen LogP contribution < -0.4 is 20.2 Å². The standard InChI is InChI=1S/C35H33N3O7/c1-18-9-11-20(12-10-18)37-38-33(42)25-17-24-22(13-14-23-28(24)32(41)36-31(23)40)30(29-26(39)15-21(44-2)16-27(29)45-3)35(25,34(38)43)19-7-5-4-6-8-19/h4-13,15-16,23-25,28,30,37,39H,14,17H2,1-3H3,(H,36,40,41). The summed E-state index contributed by atoms with van der Waals surface area (Å²) in [5, 5.41) is 15.2. The number of nitrogens with one attached hydrogen (secondary N) is 2. The number of hydrogen-bond acceptors (Lipinski definition) is 8. The Morgan fingerprint density at radius 1 is 0.933 bits per heavy atom. The minimum atomic E-state index is -1.52. The zero-order valence-corrected chi connectivity index (χ0v) is 25.1. The van der Waals surface area contributed by atoms with Crippen LogP contribution in [0.3, 0.4) is 0 Å². The first-order valence-electron chi connectivity index (χ1n) is 15.0. The highest BCUT2D eigenvalue weighted by molar-refractivity contribution is 6.13. The number of rotatable bonds is 6. The molecule has 45 heavy (non-hydrogen) atoms. The summed E-state index contributed by atoms with van der Waals surface area (Å²) < 4.78 is 11.2. The topological polar surface area (TPSA) is 134 Å². The van der Waals surface area contributed by atoms with E-state index in [-0.39, 0.29) is 36.2 Å². The lowest BCUT2D eigenvalue weighted by atomic mass is 9.49. The Morgan fingerprint density at radius 3 is 2.36 bits per heavy atom. The molecule has 230 valence electrons. The first-order valence-corrected chi connectivity index (χ1v) is 15.0. The number of nitrogens with zero attached hydrogens (tertiary/aromatic N) is 1. The monoisotopic (exact) mass is 607 g/mol. The lowest BCUT2D eigenvalue weighted by Gasteiger charge is -2.50. The Balaban J connectivity index is 1.51. The number of fused-ring (bicyclic) bond motifs is 4. The van der Waals surface area contributed by atoms with Crippen molar-refractivity contribution in [1.29, 1.82) is 0 Å². The van der Waals surface area contributed by atoms with Gasteiger partial charge in [0.05, 0.1) is 43.1 Å². The smallest absolute Gasteiger partial charge is 0.260 e. The van der Waals surface area contributed by atoms with Crippen LogP contribution in [0.5, 0.6) is 17.2 Å². The van der Waals surface area contributed by atoms with Crippen molar-refractivity contribution >= 4 is 29.3 Å². The van der Waals surface area contributed by atoms with E-state index < -0.39 is 46.8 Å². The number of aromatic hydroxyl groups is 1. The molecule has 3 aromatic carbocycles. The Morgan fingerprint density at radius 2 is 1.67 bits per heavy atom. The van der Waals surface area contributed by atoms with E-state index in [1.54, 1.807) is 18.2 Å². The molecule has 10 heteroatoms. The van der Waals surface area contributed by atoms with E-state index in [0.29, 0.717) is 22.6 Å². The fraction of sp³-hybridized carbons (Fsp3) is 0.314. The molecule has 7 rings (SSSR count). The number of benzene rings is 3. The van der Waals surface area contributed by atoms with Crippen molar-refractivity contribution in [2.75, 3.05) is 19.6 Å². The summed E-state index contributed by atoms with van der Waals surface area (Å²) in [6.45, 7) is 1.95. The molecular formula is C35H33N3O7. The number of phenolic OH excluding ortho intramolecular Hbond substituents is 1. The number of carbonyl (C=O) groups excluding carboxylic acids is 4. The molecule has 0 bridgehead atoms. The Labute approximate surface area is 260 Å². The van der Waals surface area contributed by atoms with E-state index in [0.717, 1.165) is 16.1 Å². The van der Waals surface area contributed by atoms with Gasteiger partial charge in [-0.2, -0.15) is 5.01 Å². The summed E-state index contributed by atoms with van der Waals surface area (Å²) in [6.07, 6.45) is 2.37. The maximum Gasteiger partial charge on any atom is 0.260 e. The van der Waals surface area contributed by atoms with Gasteiger partial charge in [0.2, 0.25) is 11.8 Å². The summed E-state index contributed by atoms with van der Waals surface area (Å²) >= 11 is 0. The van der Waals surface area contributed by atoms with Crippen molar-refractivity contribution in [1.82, 2.24) is 10.3 Å². The van der Waals surface area contributed by atoms with Gasteiger partial charge in [0, 0.05) is 23.6 Å². The summed E-state index contributed by atoms with van der Waals surface area (Å²) in [6, 6.07) is 19.6. The fourth-order valence-corrected chi connectivity index (χ4v) is 8.14. The molecule has 4 amide bonds. The number of anilines is 1. The minimum Gasteiger partial charge on any atom is -0.507 e. The molecule has 6 unspecified atom stereocenters. The lowest BCUT2D eigenvalue weighted by Crippen LogP contribution is -2.53. The van der Waals surface area contributed by atoms with Gasteiger partial charge < -0.3 is 14.6 Å². The van der Waals surface area contributed by atoms with Gasteiger partial charge in [0.15, 0.2) is 0 Å². The second-order valence-electron chi connectivity index (χ2n) is 12.2. The Hall–Kier alpha value is -5.12. The molecule has 3 fully saturated rings. The maximum atomic E-state index is 15.1. The van der Waals surface area contributed by atoms with E-state index in [4.69, 9.17) is 9.47 Å². The molecule has 6 atom stereocenters. The molecule has 3 aromatic rings. The quantitative estimate of drug-likeness (QED) is 0.283. The molecule has 2 saturated heterocycles. The van der Waals surface area contributed by atoms with Crippen LogP contribution in [0.1, 0.15) is 35.4 Å². The molecule has 0 aromatic heterocycles. The molecule has 2 aliphatic carbocycles. The van der Waals surface area contributed by atoms with Gasteiger partial charge in [-0.05, 0) is 43.4 Å². The fourth-order valence-electron chi connectivity index (χ4n) is 8.14. The van der Waals surface area contributed by atoms with Crippen molar-refractivity contribution in [3.05, 3.63) is 95.1 Å². The van der Waals surface area contributed by atoms with Crippen LogP contribution >= 0.6 is 0 Å². The number of hydrazine groups is 1. The van der Waals surface area contributed by atoms with Gasteiger partial charge in [0.1, 0.15) is 17.2 Å². The number of hydrogen-bond donors (Lipinski definition) is 3. The van der Waals surface area contributed by atoms with Crippen LogP contribution in [0.15, 0.2) is 78.4 Å². The third kappa shape index (κ3) is 4.08. The molecule has 1 saturated carbocycles. The highest BCUT2D eigenvalue weighted by atomic mass is 16.5. The average molecular weight is 608 g/mol. The first-order chi connectivity index (χ1) is 21.7. The summed E-state index contributed by atoms with van der Waals surface area (Å²) in [5.41, 5.74) is 4.74. The SMILES string of the molecule is COc1cc(O)c(C2C3=CCC4C(=O)NC(=O)C4C3CC3C(=O)N(Nc4ccc(C)cc4)C(=O)C32c2ccccc2)c(OC)c1. The molecule has 2 aliphatic heterocycles. The second-order valence-corrected chi connectivity index (χ2v) is 12.2. The molecular weight excluding hydrogens is 574 g/mol. The number of allylic oxidation sites excluding steroid dienone is 2. The molecule has 2 heterocycles. The van der Waals surface area contributed by atoms with Gasteiger partial charge in [-0.15, -0.1) is 0 Å². The highest BCUT2D eigenvalue weighted by Gasteiger charge is 2.70. The predicted octanol–water partition coefficient (Wildman–Crippen LogP) is 3.99. The van der Waals surface area contributed by atoms with E-state index in [1.807, 2.05) is 55.5 Å². The molecule has 10 nitrogen and oxygen atoms in total. The number of carbonyl (C=O) groups is 4. The van der Waals surface area contributed by atoms with Crippen LogP contribution in [-0.2, 0) is 24.6 Å². The number of aryl methyl sites for hydroxylation is 1. The maximum absolute atomic E-state index is 15.1. The van der Waals surface area contributed by atoms with Crippen molar-refractivity contribution in [2.45, 2.75) is 31.1 Å². The van der Waals surface area contributed by atoms with Gasteiger partial charge in [-0.1, -0.05) is 59.7 Å². The zero-order valence-electron chi connectivity index (χ0n) is 25.1. The first kappa shape index (κ1) is 28.6. The van der Waals surface area contributed by atoms with Gasteiger partial charge in [-0.3, -0.25) is 29.9 Å². The van der Waals surface area contributed by atoms with Gasteiger partial charge in [-0.25, -0.2) is 0 Å². The van der Waals surface area contributed by atoms with Crippen LogP contribution in [0.4, 0.5) is 5.69 Å². The number of amides is 4. The van der Waals surface area contributed by atoms with Crippen LogP contribution in [0.2, 0.25) is 0 Å². The van der Waals surface area contributed by atoms with E-state index in [9.17, 15) is 19.5 Å². The Bertz CT molecular complexity index is 1770. The van der Waals surface area contributed by atoms with Crippen LogP contribution in [0.25, 0.3) is 0 Å². The van der Waals surface area contributed by atoms with E-state index in [2.05, 4.69) is 10.7 Å². The van der Waals surface area contributed by atoms with E-state index in [1.165, 1.54) is 20.3 Å². The molecule has 0 spiro atoms. The molecule has 0 radical (unpaired) electrons. The third-order valence-corrected chi connectivity index (χ3v) is 10.1. The number of imide groups is 2. The average Bonchev–Trinajstić information content (AvgIpc) is 3.46. The van der Waals surface area contributed by atoms with Crippen molar-refractivity contribution in [3.8, 4) is 17.2 Å². The van der Waals surface area contributed by atoms with Crippen molar-refractivity contribution in [2.24, 2.45) is 23.7 Å². The minimum absolute atomic E-state index is 0.162. The predicted molar refractivity (Wildman–Crippen MR) is 163 cm³/mol. The summed E-state index contributed by atoms with van der Waals surface area (Å²) in [4.78, 5) is 55.8. The normalized spacial score (nSPS) is 28.6. The lowest BCUT2D eigenvalue weighted by molar-refractivity contribution is -0.138. The van der Waals surface area contributed by atoms with Crippen molar-refractivity contribution in [3.63, 3.8) is 0 Å². The van der Waals surface area contributed by atoms with Crippen LogP contribution in [-0.4, -0.2) is 48.0 Å². The Kier molecular flexibility index (Phi) is 6.68. The number of ether oxygens (including phenoxy) is 2. The van der Waals surface area contributed by atoms with E-state index >= 15 is 4.79 Å². The number of phenols is 1. The largest absolute Gasteiger partial charge is 0.507 e. The van der Waals surface area contributed by atoms with Crippen LogP contribution in [0, 0.1) is 30.6 Å². The van der Waals surface area contributed by atoms with Gasteiger partial charge >= 0.3 is 0 Å². The summed E-state index contributed by atoms with van der Waals surface area (Å²) in [7, 11) is 2.94. The van der Waals surface area contributed by atoms with Crippen molar-refractivity contribution < 1.29 is 33.8 Å². The zero-order chi connectivity index (χ0) is 31.6. The summed E-state index contributed by atoms with van der Waals surface area (Å²) in [5.74, 6) is -4.89.